The minimum absolute atomic E-state index is 0.0414. The number of amides is 2. The van der Waals surface area contributed by atoms with Crippen LogP contribution in [0.25, 0.3) is 10.9 Å². The highest BCUT2D eigenvalue weighted by Gasteiger charge is 2.43. The molecule has 0 spiro atoms. The van der Waals surface area contributed by atoms with E-state index in [1.54, 1.807) is 0 Å². The molecule has 0 saturated heterocycles. The van der Waals surface area contributed by atoms with Gasteiger partial charge in [-0.25, -0.2) is 0 Å². The van der Waals surface area contributed by atoms with Crippen LogP contribution in [-0.2, 0) is 11.2 Å². The Labute approximate surface area is 188 Å². The van der Waals surface area contributed by atoms with Crippen LogP contribution in [0.5, 0.6) is 0 Å². The van der Waals surface area contributed by atoms with Crippen molar-refractivity contribution in [2.24, 2.45) is 5.92 Å². The fourth-order valence-corrected chi connectivity index (χ4v) is 4.76. The summed E-state index contributed by atoms with van der Waals surface area (Å²) in [6.45, 7) is 2.40. The first-order valence-electron chi connectivity index (χ1n) is 10.8. The van der Waals surface area contributed by atoms with Crippen LogP contribution in [0.4, 0.5) is 0 Å². The molecule has 2 aromatic heterocycles. The zero-order chi connectivity index (χ0) is 21.6. The second-order valence-corrected chi connectivity index (χ2v) is 9.91. The van der Waals surface area contributed by atoms with Crippen LogP contribution in [0.2, 0.25) is 0 Å². The van der Waals surface area contributed by atoms with Gasteiger partial charge in [-0.2, -0.15) is 5.10 Å². The minimum Gasteiger partial charge on any atom is -0.360 e. The van der Waals surface area contributed by atoms with E-state index >= 15 is 0 Å². The third-order valence-corrected chi connectivity index (χ3v) is 7.13. The van der Waals surface area contributed by atoms with Crippen LogP contribution in [0.3, 0.4) is 0 Å². The van der Waals surface area contributed by atoms with Crippen molar-refractivity contribution in [2.75, 3.05) is 6.54 Å². The van der Waals surface area contributed by atoms with Crippen LogP contribution in [0.15, 0.2) is 34.9 Å². The lowest BCUT2D eigenvalue weighted by Gasteiger charge is -2.31. The maximum absolute atomic E-state index is 12.9. The molecule has 2 aliphatic carbocycles. The van der Waals surface area contributed by atoms with Gasteiger partial charge in [-0.1, -0.05) is 12.1 Å². The Kier molecular flexibility index (Phi) is 5.12. The number of fused-ring (bicyclic) bond motifs is 1. The Morgan fingerprint density at radius 1 is 1.26 bits per heavy atom. The highest BCUT2D eigenvalue weighted by Crippen LogP contribution is 2.40. The molecule has 5 rings (SSSR count). The standard InChI is InChI=1S/C23H26BrN5O2/c1-23(15-7-8-15,12-26-22(31)19-10-18(28-29-19)13-5-6-13)27-20(30)9-14-11-25-21-16(14)3-2-4-17(21)24/h2-4,10-11,13,15,25H,5-9,12H2,1H3,(H,26,31)(H,27,30)(H,28,29). The Hall–Kier alpha value is -2.61. The summed E-state index contributed by atoms with van der Waals surface area (Å²) in [6.07, 6.45) is 6.60. The van der Waals surface area contributed by atoms with Gasteiger partial charge in [0.15, 0.2) is 0 Å². The summed E-state index contributed by atoms with van der Waals surface area (Å²) >= 11 is 3.54. The molecule has 162 valence electrons. The van der Waals surface area contributed by atoms with Crippen molar-refractivity contribution < 1.29 is 9.59 Å². The minimum atomic E-state index is -0.477. The van der Waals surface area contributed by atoms with E-state index in [9.17, 15) is 9.59 Å². The summed E-state index contributed by atoms with van der Waals surface area (Å²) in [4.78, 5) is 28.8. The molecular formula is C23H26BrN5O2. The number of carbonyl (C=O) groups is 2. The molecule has 2 heterocycles. The summed E-state index contributed by atoms with van der Waals surface area (Å²) in [5, 5.41) is 14.4. The molecule has 8 heteroatoms. The fraction of sp³-hybridized carbons (Fsp3) is 0.435. The van der Waals surface area contributed by atoms with Gasteiger partial charge in [-0.05, 0) is 72.2 Å². The second-order valence-electron chi connectivity index (χ2n) is 9.06. The Morgan fingerprint density at radius 3 is 2.81 bits per heavy atom. The summed E-state index contributed by atoms with van der Waals surface area (Å²) in [5.41, 5.74) is 2.92. The number of aromatic amines is 2. The number of para-hydroxylation sites is 1. The molecule has 4 N–H and O–H groups in total. The van der Waals surface area contributed by atoms with E-state index in [2.05, 4.69) is 41.7 Å². The predicted molar refractivity (Wildman–Crippen MR) is 122 cm³/mol. The lowest BCUT2D eigenvalue weighted by Crippen LogP contribution is -2.55. The molecule has 2 fully saturated rings. The van der Waals surface area contributed by atoms with Crippen molar-refractivity contribution in [2.45, 2.75) is 50.5 Å². The molecule has 1 unspecified atom stereocenters. The third-order valence-electron chi connectivity index (χ3n) is 6.47. The highest BCUT2D eigenvalue weighted by atomic mass is 79.9. The van der Waals surface area contributed by atoms with Gasteiger partial charge < -0.3 is 15.6 Å². The molecule has 2 amide bonds. The van der Waals surface area contributed by atoms with E-state index < -0.39 is 5.54 Å². The van der Waals surface area contributed by atoms with Crippen molar-refractivity contribution in [3.63, 3.8) is 0 Å². The molecule has 2 aliphatic rings. The van der Waals surface area contributed by atoms with Gasteiger partial charge in [-0.3, -0.25) is 14.7 Å². The molecule has 7 nitrogen and oxygen atoms in total. The van der Waals surface area contributed by atoms with Crippen molar-refractivity contribution in [3.8, 4) is 0 Å². The number of aromatic nitrogens is 3. The number of hydrogen-bond donors (Lipinski definition) is 4. The highest BCUT2D eigenvalue weighted by molar-refractivity contribution is 9.10. The first kappa shape index (κ1) is 20.3. The molecule has 0 bridgehead atoms. The van der Waals surface area contributed by atoms with Gasteiger partial charge in [0.25, 0.3) is 5.91 Å². The summed E-state index contributed by atoms with van der Waals surface area (Å²) in [7, 11) is 0. The summed E-state index contributed by atoms with van der Waals surface area (Å²) in [6, 6.07) is 7.80. The average Bonchev–Trinajstić information content (AvgIpc) is 3.68. The molecule has 3 aromatic rings. The average molecular weight is 484 g/mol. The SMILES string of the molecule is CC(CNC(=O)c1cc(C2CC2)[nH]n1)(NC(=O)Cc1c[nH]c2c(Br)cccc12)C1CC1. The van der Waals surface area contributed by atoms with E-state index in [-0.39, 0.29) is 18.2 Å². The number of benzene rings is 1. The Bertz CT molecular complexity index is 1140. The number of H-pyrrole nitrogens is 2. The second kappa shape index (κ2) is 7.82. The molecule has 2 saturated carbocycles. The van der Waals surface area contributed by atoms with Gasteiger partial charge in [0.05, 0.1) is 17.5 Å². The Morgan fingerprint density at radius 2 is 2.06 bits per heavy atom. The number of hydrogen-bond acceptors (Lipinski definition) is 3. The van der Waals surface area contributed by atoms with Gasteiger partial charge in [-0.15, -0.1) is 0 Å². The van der Waals surface area contributed by atoms with Crippen molar-refractivity contribution in [1.29, 1.82) is 0 Å². The predicted octanol–water partition coefficient (Wildman–Crippen LogP) is 3.79. The first-order valence-corrected chi connectivity index (χ1v) is 11.6. The van der Waals surface area contributed by atoms with Crippen LogP contribution in [0, 0.1) is 5.92 Å². The smallest absolute Gasteiger partial charge is 0.271 e. The van der Waals surface area contributed by atoms with Crippen LogP contribution in [-0.4, -0.2) is 39.1 Å². The van der Waals surface area contributed by atoms with Crippen molar-refractivity contribution in [1.82, 2.24) is 25.8 Å². The fourth-order valence-electron chi connectivity index (χ4n) is 4.28. The zero-order valence-corrected chi connectivity index (χ0v) is 19.0. The maximum Gasteiger partial charge on any atom is 0.271 e. The van der Waals surface area contributed by atoms with E-state index in [1.807, 2.05) is 37.4 Å². The van der Waals surface area contributed by atoms with Gasteiger partial charge in [0.1, 0.15) is 5.69 Å². The molecular weight excluding hydrogens is 458 g/mol. The van der Waals surface area contributed by atoms with Gasteiger partial charge in [0.2, 0.25) is 5.91 Å². The number of nitrogens with one attached hydrogen (secondary N) is 4. The normalized spacial score (nSPS) is 18.0. The van der Waals surface area contributed by atoms with E-state index in [1.165, 1.54) is 0 Å². The van der Waals surface area contributed by atoms with E-state index in [0.717, 1.165) is 52.3 Å². The summed E-state index contributed by atoms with van der Waals surface area (Å²) in [5.74, 6) is 0.649. The van der Waals surface area contributed by atoms with Crippen molar-refractivity contribution >= 4 is 38.6 Å². The molecule has 0 aliphatic heterocycles. The monoisotopic (exact) mass is 483 g/mol. The van der Waals surface area contributed by atoms with Crippen LogP contribution < -0.4 is 10.6 Å². The molecule has 1 atom stereocenters. The van der Waals surface area contributed by atoms with Crippen molar-refractivity contribution in [3.05, 3.63) is 51.9 Å². The number of rotatable bonds is 8. The first-order chi connectivity index (χ1) is 14.9. The van der Waals surface area contributed by atoms with E-state index in [0.29, 0.717) is 24.1 Å². The number of nitrogens with zero attached hydrogens (tertiary/aromatic N) is 1. The van der Waals surface area contributed by atoms with Gasteiger partial charge >= 0.3 is 0 Å². The zero-order valence-electron chi connectivity index (χ0n) is 17.4. The van der Waals surface area contributed by atoms with Crippen LogP contribution >= 0.6 is 15.9 Å². The largest absolute Gasteiger partial charge is 0.360 e. The topological polar surface area (TPSA) is 103 Å². The lowest BCUT2D eigenvalue weighted by molar-refractivity contribution is -0.122. The maximum atomic E-state index is 12.9. The molecule has 1 aromatic carbocycles. The number of carbonyl (C=O) groups excluding carboxylic acids is 2. The summed E-state index contributed by atoms with van der Waals surface area (Å²) < 4.78 is 0.977. The quantitative estimate of drug-likeness (QED) is 0.391. The van der Waals surface area contributed by atoms with Gasteiger partial charge in [0, 0.05) is 34.2 Å². The molecule has 31 heavy (non-hydrogen) atoms. The third kappa shape index (κ3) is 4.26. The van der Waals surface area contributed by atoms with Crippen LogP contribution in [0.1, 0.15) is 60.3 Å². The lowest BCUT2D eigenvalue weighted by atomic mass is 9.94. The molecule has 0 radical (unpaired) electrons. The Balaban J connectivity index is 1.23. The van der Waals surface area contributed by atoms with E-state index in [4.69, 9.17) is 0 Å². The number of halogens is 1.